The van der Waals surface area contributed by atoms with Crippen molar-refractivity contribution in [3.05, 3.63) is 42.0 Å². The number of aryl methyl sites for hydroxylation is 1. The summed E-state index contributed by atoms with van der Waals surface area (Å²) >= 11 is 0. The molecule has 2 nitrogen and oxygen atoms in total. The second-order valence-corrected chi connectivity index (χ2v) is 8.37. The van der Waals surface area contributed by atoms with Crippen LogP contribution in [0.25, 0.3) is 0 Å². The normalized spacial score (nSPS) is 30.0. The summed E-state index contributed by atoms with van der Waals surface area (Å²) in [5.74, 6) is 0.0650. The van der Waals surface area contributed by atoms with Gasteiger partial charge in [0.05, 0.1) is 10.1 Å². The molecule has 110 valence electrons. The maximum Gasteiger partial charge on any atom is 0.181 e. The Hall–Kier alpha value is -1.09. The van der Waals surface area contributed by atoms with Gasteiger partial charge < -0.3 is 0 Å². The van der Waals surface area contributed by atoms with Gasteiger partial charge in [0.2, 0.25) is 0 Å². The van der Waals surface area contributed by atoms with E-state index in [4.69, 9.17) is 1.37 Å². The Kier molecular flexibility index (Phi) is 3.49. The van der Waals surface area contributed by atoms with E-state index in [2.05, 4.69) is 6.58 Å². The molecule has 0 amide bonds. The van der Waals surface area contributed by atoms with Gasteiger partial charge in [-0.1, -0.05) is 43.7 Å². The van der Waals surface area contributed by atoms with Gasteiger partial charge in [0.15, 0.2) is 9.84 Å². The molecule has 0 saturated heterocycles. The fraction of sp³-hybridized carbons (Fsp3) is 0.529. The molecule has 1 aromatic rings. The molecule has 2 atom stereocenters. The average molecular weight is 293 g/mol. The van der Waals surface area contributed by atoms with Crippen molar-refractivity contribution in [3.63, 3.8) is 0 Å². The molecule has 20 heavy (non-hydrogen) atoms. The summed E-state index contributed by atoms with van der Waals surface area (Å²) < 4.78 is 34.8. The second-order valence-electron chi connectivity index (χ2n) is 6.40. The minimum Gasteiger partial charge on any atom is -0.223 e. The SMILES string of the molecule is [2H]C1(S(=O)(=O)c2ccc(C)cc2)CCC(C(=C)C)C1(C)C. The van der Waals surface area contributed by atoms with Crippen molar-refractivity contribution in [2.24, 2.45) is 11.3 Å². The predicted octanol–water partition coefficient (Wildman–Crippen LogP) is 4.15. The molecule has 1 saturated carbocycles. The molecule has 1 aliphatic rings. The smallest absolute Gasteiger partial charge is 0.181 e. The fourth-order valence-electron chi connectivity index (χ4n) is 3.36. The molecule has 1 fully saturated rings. The largest absolute Gasteiger partial charge is 0.223 e. The van der Waals surface area contributed by atoms with Crippen molar-refractivity contribution in [3.8, 4) is 0 Å². The van der Waals surface area contributed by atoms with Crippen LogP contribution in [0.4, 0.5) is 0 Å². The third-order valence-electron chi connectivity index (χ3n) is 4.50. The van der Waals surface area contributed by atoms with Crippen molar-refractivity contribution < 1.29 is 9.79 Å². The highest BCUT2D eigenvalue weighted by atomic mass is 32.2. The van der Waals surface area contributed by atoms with E-state index in [-0.39, 0.29) is 10.8 Å². The van der Waals surface area contributed by atoms with E-state index >= 15 is 0 Å². The van der Waals surface area contributed by atoms with Gasteiger partial charge in [0.25, 0.3) is 0 Å². The van der Waals surface area contributed by atoms with Crippen LogP contribution in [0.1, 0.15) is 40.5 Å². The minimum absolute atomic E-state index is 0.0650. The van der Waals surface area contributed by atoms with Gasteiger partial charge >= 0.3 is 0 Å². The fourth-order valence-corrected chi connectivity index (χ4v) is 5.36. The van der Waals surface area contributed by atoms with Gasteiger partial charge in [0.1, 0.15) is 0 Å². The highest BCUT2D eigenvalue weighted by molar-refractivity contribution is 7.92. The molecule has 1 aliphatic carbocycles. The highest BCUT2D eigenvalue weighted by Crippen LogP contribution is 2.50. The maximum atomic E-state index is 13.0. The Morgan fingerprint density at radius 2 is 1.85 bits per heavy atom. The Morgan fingerprint density at radius 1 is 1.30 bits per heavy atom. The van der Waals surface area contributed by atoms with Crippen LogP contribution in [0, 0.1) is 18.3 Å². The number of benzene rings is 1. The number of hydrogen-bond acceptors (Lipinski definition) is 2. The Labute approximate surface area is 124 Å². The van der Waals surface area contributed by atoms with E-state index in [1.165, 1.54) is 0 Å². The Morgan fingerprint density at radius 3 is 2.30 bits per heavy atom. The van der Waals surface area contributed by atoms with Crippen molar-refractivity contribution in [1.29, 1.82) is 0 Å². The first-order valence-corrected chi connectivity index (χ1v) is 8.49. The lowest BCUT2D eigenvalue weighted by atomic mass is 9.78. The third kappa shape index (κ3) is 2.44. The van der Waals surface area contributed by atoms with Crippen molar-refractivity contribution >= 4 is 9.84 Å². The number of hydrogen-bond donors (Lipinski definition) is 0. The summed E-state index contributed by atoms with van der Waals surface area (Å²) in [7, 11) is -3.70. The van der Waals surface area contributed by atoms with Crippen LogP contribution in [-0.4, -0.2) is 13.6 Å². The maximum absolute atomic E-state index is 13.0. The molecule has 3 heteroatoms. The van der Waals surface area contributed by atoms with Crippen LogP contribution in [0.15, 0.2) is 41.3 Å². The zero-order chi connectivity index (χ0) is 16.1. The molecule has 0 radical (unpaired) electrons. The summed E-state index contributed by atoms with van der Waals surface area (Å²) in [5, 5.41) is -1.50. The van der Waals surface area contributed by atoms with E-state index < -0.39 is 20.5 Å². The van der Waals surface area contributed by atoms with Crippen molar-refractivity contribution in [2.45, 2.75) is 50.7 Å². The Balaban J connectivity index is 2.54. The molecule has 1 aromatic carbocycles. The molecule has 0 aliphatic heterocycles. The van der Waals surface area contributed by atoms with Gasteiger partial charge in [0, 0.05) is 1.37 Å². The lowest BCUT2D eigenvalue weighted by Crippen LogP contribution is -2.35. The average Bonchev–Trinajstić information content (AvgIpc) is 2.62. The quantitative estimate of drug-likeness (QED) is 0.785. The summed E-state index contributed by atoms with van der Waals surface area (Å²) in [6.45, 7) is 11.6. The topological polar surface area (TPSA) is 34.1 Å². The van der Waals surface area contributed by atoms with Gasteiger partial charge in [-0.25, -0.2) is 8.42 Å². The number of rotatable bonds is 3. The monoisotopic (exact) mass is 293 g/mol. The van der Waals surface area contributed by atoms with E-state index in [1.807, 2.05) is 27.7 Å². The van der Waals surface area contributed by atoms with E-state index in [0.29, 0.717) is 12.8 Å². The first kappa shape index (κ1) is 13.9. The standard InChI is InChI=1S/C17H24O2S/c1-12(2)15-10-11-16(17(15,4)5)20(18,19)14-8-6-13(3)7-9-14/h6-9,15-16H,1,10-11H2,2-5H3/i16D. The van der Waals surface area contributed by atoms with Crippen LogP contribution in [-0.2, 0) is 9.84 Å². The zero-order valence-corrected chi connectivity index (χ0v) is 13.5. The number of sulfone groups is 1. The van der Waals surface area contributed by atoms with Gasteiger partial charge in [-0.05, 0) is 50.2 Å². The van der Waals surface area contributed by atoms with E-state index in [9.17, 15) is 8.42 Å². The van der Waals surface area contributed by atoms with Crippen LogP contribution in [0.2, 0.25) is 0 Å². The lowest BCUT2D eigenvalue weighted by molar-refractivity contribution is 0.298. The van der Waals surface area contributed by atoms with E-state index in [1.54, 1.807) is 24.3 Å². The molecular formula is C17H24O2S. The first-order chi connectivity index (χ1) is 9.54. The minimum atomic E-state index is -3.70. The molecule has 0 N–H and O–H groups in total. The van der Waals surface area contributed by atoms with Crippen LogP contribution >= 0.6 is 0 Å². The molecule has 0 spiro atoms. The molecular weight excluding hydrogens is 268 g/mol. The first-order valence-electron chi connectivity index (χ1n) is 7.51. The third-order valence-corrected chi connectivity index (χ3v) is 6.77. The summed E-state index contributed by atoms with van der Waals surface area (Å²) in [5.41, 5.74) is 1.33. The predicted molar refractivity (Wildman–Crippen MR) is 83.5 cm³/mol. The second kappa shape index (κ2) is 5.03. The molecule has 0 heterocycles. The lowest BCUT2D eigenvalue weighted by Gasteiger charge is -2.33. The zero-order valence-electron chi connectivity index (χ0n) is 13.7. The van der Waals surface area contributed by atoms with Gasteiger partial charge in [-0.2, -0.15) is 0 Å². The van der Waals surface area contributed by atoms with Gasteiger partial charge in [-0.15, -0.1) is 0 Å². The van der Waals surface area contributed by atoms with Crippen LogP contribution < -0.4 is 0 Å². The molecule has 0 aromatic heterocycles. The summed E-state index contributed by atoms with van der Waals surface area (Å²) in [4.78, 5) is 0.249. The van der Waals surface area contributed by atoms with Crippen molar-refractivity contribution in [2.75, 3.05) is 0 Å². The molecule has 0 bridgehead atoms. The Bertz CT molecular complexity index is 659. The van der Waals surface area contributed by atoms with Crippen LogP contribution in [0.5, 0.6) is 0 Å². The molecule has 2 unspecified atom stereocenters. The summed E-state index contributed by atoms with van der Waals surface area (Å²) in [6.07, 6.45) is 1.06. The van der Waals surface area contributed by atoms with Gasteiger partial charge in [-0.3, -0.25) is 0 Å². The van der Waals surface area contributed by atoms with Crippen LogP contribution in [0.3, 0.4) is 0 Å². The van der Waals surface area contributed by atoms with E-state index in [0.717, 1.165) is 11.1 Å². The highest BCUT2D eigenvalue weighted by Gasteiger charge is 2.49. The van der Waals surface area contributed by atoms with Crippen molar-refractivity contribution in [1.82, 2.24) is 0 Å². The summed E-state index contributed by atoms with van der Waals surface area (Å²) in [6, 6.07) is 6.80. The number of allylic oxidation sites excluding steroid dienone is 1. The molecule has 2 rings (SSSR count).